The van der Waals surface area contributed by atoms with Crippen LogP contribution >= 0.6 is 0 Å². The number of carbonyl (C=O) groups excluding carboxylic acids is 1. The number of rotatable bonds is 4. The number of benzene rings is 1. The highest BCUT2D eigenvalue weighted by Gasteiger charge is 2.22. The van der Waals surface area contributed by atoms with Crippen LogP contribution in [0.4, 0.5) is 8.78 Å². The van der Waals surface area contributed by atoms with Gasteiger partial charge in [0.25, 0.3) is 5.91 Å². The second kappa shape index (κ2) is 5.96. The lowest BCUT2D eigenvalue weighted by Crippen LogP contribution is -2.29. The Balaban J connectivity index is 2.15. The Morgan fingerprint density at radius 3 is 2.25 bits per heavy atom. The lowest BCUT2D eigenvalue weighted by molar-refractivity contribution is -0.0126. The van der Waals surface area contributed by atoms with Crippen LogP contribution in [-0.2, 0) is 4.84 Å². The van der Waals surface area contributed by atoms with Crippen LogP contribution in [0.3, 0.4) is 0 Å². The van der Waals surface area contributed by atoms with E-state index in [9.17, 15) is 18.4 Å². The van der Waals surface area contributed by atoms with E-state index < -0.39 is 34.6 Å². The smallest absolute Gasteiger partial charge is 0.336 e. The molecule has 1 aliphatic carbocycles. The summed E-state index contributed by atoms with van der Waals surface area (Å²) in [7, 11) is 0. The molecule has 1 amide bonds. The molecule has 7 heteroatoms. The fraction of sp³-hybridized carbons (Fsp3) is 0.385. The first kappa shape index (κ1) is 14.4. The third-order valence-electron chi connectivity index (χ3n) is 3.16. The molecule has 0 radical (unpaired) electrons. The lowest BCUT2D eigenvalue weighted by Gasteiger charge is -2.12. The van der Waals surface area contributed by atoms with Gasteiger partial charge in [-0.05, 0) is 25.0 Å². The molecule has 1 aliphatic rings. The summed E-state index contributed by atoms with van der Waals surface area (Å²) in [5.41, 5.74) is 1.000. The molecule has 0 atom stereocenters. The van der Waals surface area contributed by atoms with Crippen molar-refractivity contribution in [3.05, 3.63) is 34.9 Å². The third kappa shape index (κ3) is 3.11. The number of aromatic carboxylic acids is 1. The van der Waals surface area contributed by atoms with E-state index in [2.05, 4.69) is 5.48 Å². The summed E-state index contributed by atoms with van der Waals surface area (Å²) in [6.07, 6.45) is 3.45. The van der Waals surface area contributed by atoms with Crippen LogP contribution in [0, 0.1) is 11.6 Å². The number of carboxylic acid groups (broad SMARTS) is 1. The topological polar surface area (TPSA) is 75.6 Å². The van der Waals surface area contributed by atoms with Crippen molar-refractivity contribution in [1.29, 1.82) is 0 Å². The normalized spacial score (nSPS) is 15.3. The zero-order valence-electron chi connectivity index (χ0n) is 10.5. The van der Waals surface area contributed by atoms with Crippen LogP contribution in [0.25, 0.3) is 0 Å². The minimum absolute atomic E-state index is 0.127. The van der Waals surface area contributed by atoms with Crippen molar-refractivity contribution in [2.45, 2.75) is 31.8 Å². The van der Waals surface area contributed by atoms with E-state index in [0.717, 1.165) is 25.7 Å². The maximum atomic E-state index is 13.1. The molecule has 0 spiro atoms. The average molecular weight is 285 g/mol. The summed E-state index contributed by atoms with van der Waals surface area (Å²) in [6.45, 7) is 0. The van der Waals surface area contributed by atoms with Crippen molar-refractivity contribution in [2.24, 2.45) is 0 Å². The monoisotopic (exact) mass is 285 g/mol. The second-order valence-corrected chi connectivity index (χ2v) is 4.57. The number of halogens is 2. The van der Waals surface area contributed by atoms with Crippen LogP contribution in [0.15, 0.2) is 12.1 Å². The van der Waals surface area contributed by atoms with Crippen molar-refractivity contribution < 1.29 is 28.3 Å². The highest BCUT2D eigenvalue weighted by Crippen LogP contribution is 2.20. The van der Waals surface area contributed by atoms with Gasteiger partial charge in [0.15, 0.2) is 11.6 Å². The fourth-order valence-electron chi connectivity index (χ4n) is 2.11. The quantitative estimate of drug-likeness (QED) is 0.832. The first-order valence-electron chi connectivity index (χ1n) is 6.17. The largest absolute Gasteiger partial charge is 0.478 e. The van der Waals surface area contributed by atoms with Crippen molar-refractivity contribution >= 4 is 11.9 Å². The van der Waals surface area contributed by atoms with Gasteiger partial charge in [-0.25, -0.2) is 19.1 Å². The molecule has 0 aromatic heterocycles. The first-order chi connectivity index (χ1) is 9.49. The fourth-order valence-corrected chi connectivity index (χ4v) is 2.11. The molecule has 108 valence electrons. The predicted octanol–water partition coefficient (Wildman–Crippen LogP) is 2.27. The van der Waals surface area contributed by atoms with E-state index in [4.69, 9.17) is 9.94 Å². The van der Waals surface area contributed by atoms with E-state index >= 15 is 0 Å². The number of hydroxylamine groups is 1. The SMILES string of the molecule is O=C(O)c1cc(F)c(F)cc1C(=O)NOC1CCCC1. The molecule has 1 aromatic carbocycles. The Labute approximate surface area is 113 Å². The van der Waals surface area contributed by atoms with Gasteiger partial charge < -0.3 is 5.11 Å². The van der Waals surface area contributed by atoms with Crippen molar-refractivity contribution in [2.75, 3.05) is 0 Å². The minimum atomic E-state index is -1.52. The van der Waals surface area contributed by atoms with Gasteiger partial charge in [0.1, 0.15) is 0 Å². The maximum absolute atomic E-state index is 13.1. The van der Waals surface area contributed by atoms with Crippen molar-refractivity contribution in [3.8, 4) is 0 Å². The summed E-state index contributed by atoms with van der Waals surface area (Å²) in [5.74, 6) is -5.04. The molecule has 0 saturated heterocycles. The first-order valence-corrected chi connectivity index (χ1v) is 6.17. The Bertz CT molecular complexity index is 541. The van der Waals surface area contributed by atoms with Crippen molar-refractivity contribution in [3.63, 3.8) is 0 Å². The molecule has 5 nitrogen and oxygen atoms in total. The Kier molecular flexibility index (Phi) is 4.29. The number of carboxylic acids is 1. The minimum Gasteiger partial charge on any atom is -0.478 e. The van der Waals surface area contributed by atoms with E-state index in [-0.39, 0.29) is 6.10 Å². The summed E-state index contributed by atoms with van der Waals surface area (Å²) < 4.78 is 26.1. The molecule has 20 heavy (non-hydrogen) atoms. The number of amides is 1. The summed E-state index contributed by atoms with van der Waals surface area (Å²) in [6, 6.07) is 1.02. The number of nitrogens with one attached hydrogen (secondary N) is 1. The Morgan fingerprint density at radius 1 is 1.15 bits per heavy atom. The summed E-state index contributed by atoms with van der Waals surface area (Å²) in [5, 5.41) is 8.90. The standard InChI is InChI=1S/C13H13F2NO4/c14-10-5-8(9(13(18)19)6-11(10)15)12(17)16-20-7-3-1-2-4-7/h5-7H,1-4H2,(H,16,17)(H,18,19). The molecule has 0 bridgehead atoms. The predicted molar refractivity (Wildman–Crippen MR) is 64.1 cm³/mol. The highest BCUT2D eigenvalue weighted by atomic mass is 19.2. The Hall–Kier alpha value is -2.02. The molecular weight excluding hydrogens is 272 g/mol. The van der Waals surface area contributed by atoms with E-state index in [1.165, 1.54) is 0 Å². The van der Waals surface area contributed by atoms with Crippen LogP contribution in [0.2, 0.25) is 0 Å². The van der Waals surface area contributed by atoms with Gasteiger partial charge in [0.05, 0.1) is 17.2 Å². The maximum Gasteiger partial charge on any atom is 0.336 e. The van der Waals surface area contributed by atoms with Gasteiger partial charge in [-0.2, -0.15) is 0 Å². The summed E-state index contributed by atoms with van der Waals surface area (Å²) in [4.78, 5) is 27.9. The van der Waals surface area contributed by atoms with Crippen LogP contribution < -0.4 is 5.48 Å². The summed E-state index contributed by atoms with van der Waals surface area (Å²) >= 11 is 0. The molecule has 2 rings (SSSR count). The number of carbonyl (C=O) groups is 2. The molecular formula is C13H13F2NO4. The van der Waals surface area contributed by atoms with E-state index in [1.807, 2.05) is 0 Å². The number of hydrogen-bond acceptors (Lipinski definition) is 3. The highest BCUT2D eigenvalue weighted by molar-refractivity contribution is 6.04. The zero-order chi connectivity index (χ0) is 14.7. The van der Waals surface area contributed by atoms with E-state index in [1.54, 1.807) is 0 Å². The van der Waals surface area contributed by atoms with Gasteiger partial charge in [0, 0.05) is 0 Å². The molecule has 1 fully saturated rings. The van der Waals surface area contributed by atoms with Gasteiger partial charge in [-0.1, -0.05) is 12.8 Å². The lowest BCUT2D eigenvalue weighted by atomic mass is 10.1. The Morgan fingerprint density at radius 2 is 1.70 bits per heavy atom. The molecule has 0 unspecified atom stereocenters. The van der Waals surface area contributed by atoms with Crippen LogP contribution in [0.5, 0.6) is 0 Å². The third-order valence-corrected chi connectivity index (χ3v) is 3.16. The molecule has 0 aliphatic heterocycles. The number of hydrogen-bond donors (Lipinski definition) is 2. The van der Waals surface area contributed by atoms with Gasteiger partial charge >= 0.3 is 5.97 Å². The molecule has 2 N–H and O–H groups in total. The molecule has 0 heterocycles. The van der Waals surface area contributed by atoms with Gasteiger partial charge in [-0.3, -0.25) is 9.63 Å². The van der Waals surface area contributed by atoms with Gasteiger partial charge in [0.2, 0.25) is 0 Å². The average Bonchev–Trinajstić information content (AvgIpc) is 2.91. The van der Waals surface area contributed by atoms with Crippen LogP contribution in [-0.4, -0.2) is 23.1 Å². The second-order valence-electron chi connectivity index (χ2n) is 4.57. The molecule has 1 saturated carbocycles. The van der Waals surface area contributed by atoms with E-state index in [0.29, 0.717) is 12.1 Å². The molecule has 1 aromatic rings. The van der Waals surface area contributed by atoms with Gasteiger partial charge in [-0.15, -0.1) is 0 Å². The van der Waals surface area contributed by atoms with Crippen LogP contribution in [0.1, 0.15) is 46.4 Å². The zero-order valence-corrected chi connectivity index (χ0v) is 10.5. The van der Waals surface area contributed by atoms with Crippen molar-refractivity contribution in [1.82, 2.24) is 5.48 Å².